The monoisotopic (exact) mass is 223 g/mol. The maximum absolute atomic E-state index is 11.6. The summed E-state index contributed by atoms with van der Waals surface area (Å²) in [7, 11) is 0. The minimum Gasteiger partial charge on any atom is -0.324 e. The number of pyridine rings is 2. The van der Waals surface area contributed by atoms with Crippen LogP contribution in [-0.4, -0.2) is 9.97 Å². The third-order valence-corrected chi connectivity index (χ3v) is 2.42. The first-order chi connectivity index (χ1) is 7.08. The zero-order valence-corrected chi connectivity index (χ0v) is 8.88. The van der Waals surface area contributed by atoms with Gasteiger partial charge in [0.2, 0.25) is 0 Å². The first-order valence-electron chi connectivity index (χ1n) is 4.52. The lowest BCUT2D eigenvalue weighted by atomic mass is 10.1. The second kappa shape index (κ2) is 3.64. The fourth-order valence-corrected chi connectivity index (χ4v) is 1.60. The molecule has 0 radical (unpaired) electrons. The number of hydrogen-bond donors (Lipinski definition) is 2. The van der Waals surface area contributed by atoms with Crippen LogP contribution in [0.5, 0.6) is 0 Å². The standard InChI is InChI=1S/C10H10ClN3O/c1-5(12)7-2-6-3-9(11)13-4-8(6)14-10(7)15/h2-5H,12H2,1H3,(H,14,15)/t5-/m0/s1. The van der Waals surface area contributed by atoms with Crippen molar-refractivity contribution in [3.8, 4) is 0 Å². The third kappa shape index (κ3) is 1.86. The van der Waals surface area contributed by atoms with E-state index in [1.54, 1.807) is 19.1 Å². The average molecular weight is 224 g/mol. The van der Waals surface area contributed by atoms with Crippen molar-refractivity contribution in [3.63, 3.8) is 0 Å². The fourth-order valence-electron chi connectivity index (χ4n) is 1.43. The molecule has 0 spiro atoms. The van der Waals surface area contributed by atoms with Gasteiger partial charge in [-0.15, -0.1) is 0 Å². The molecule has 0 unspecified atom stereocenters. The van der Waals surface area contributed by atoms with Crippen LogP contribution in [0.2, 0.25) is 5.15 Å². The van der Waals surface area contributed by atoms with Gasteiger partial charge in [-0.2, -0.15) is 0 Å². The van der Waals surface area contributed by atoms with Crippen molar-refractivity contribution < 1.29 is 0 Å². The van der Waals surface area contributed by atoms with E-state index in [9.17, 15) is 4.79 Å². The van der Waals surface area contributed by atoms with Crippen LogP contribution in [0.1, 0.15) is 18.5 Å². The van der Waals surface area contributed by atoms with Crippen LogP contribution in [-0.2, 0) is 0 Å². The van der Waals surface area contributed by atoms with E-state index in [2.05, 4.69) is 9.97 Å². The molecule has 15 heavy (non-hydrogen) atoms. The fraction of sp³-hybridized carbons (Fsp3) is 0.200. The Labute approximate surface area is 91.1 Å². The first-order valence-corrected chi connectivity index (χ1v) is 4.90. The zero-order valence-electron chi connectivity index (χ0n) is 8.12. The Bertz CT molecular complexity index is 562. The summed E-state index contributed by atoms with van der Waals surface area (Å²) < 4.78 is 0. The van der Waals surface area contributed by atoms with Gasteiger partial charge in [0.15, 0.2) is 0 Å². The number of hydrogen-bond acceptors (Lipinski definition) is 3. The second-order valence-electron chi connectivity index (χ2n) is 3.44. The molecule has 0 bridgehead atoms. The number of aromatic nitrogens is 2. The number of rotatable bonds is 1. The lowest BCUT2D eigenvalue weighted by molar-refractivity contribution is 0.803. The van der Waals surface area contributed by atoms with Gasteiger partial charge in [-0.3, -0.25) is 4.79 Å². The summed E-state index contributed by atoms with van der Waals surface area (Å²) in [6.45, 7) is 1.76. The minimum atomic E-state index is -0.301. The second-order valence-corrected chi connectivity index (χ2v) is 3.82. The molecule has 4 nitrogen and oxygen atoms in total. The van der Waals surface area contributed by atoms with Crippen LogP contribution in [0.4, 0.5) is 0 Å². The number of fused-ring (bicyclic) bond motifs is 1. The van der Waals surface area contributed by atoms with E-state index in [1.807, 2.05) is 0 Å². The van der Waals surface area contributed by atoms with Gasteiger partial charge in [-0.05, 0) is 19.1 Å². The molecule has 2 heterocycles. The maximum Gasteiger partial charge on any atom is 0.253 e. The molecular formula is C10H10ClN3O. The molecule has 0 saturated carbocycles. The van der Waals surface area contributed by atoms with E-state index in [0.29, 0.717) is 16.2 Å². The average Bonchev–Trinajstić information content (AvgIpc) is 2.17. The van der Waals surface area contributed by atoms with E-state index in [0.717, 1.165) is 5.39 Å². The summed E-state index contributed by atoms with van der Waals surface area (Å²) in [5.74, 6) is 0. The highest BCUT2D eigenvalue weighted by molar-refractivity contribution is 6.30. The zero-order chi connectivity index (χ0) is 11.0. The van der Waals surface area contributed by atoms with Gasteiger partial charge >= 0.3 is 0 Å². The molecule has 2 rings (SSSR count). The smallest absolute Gasteiger partial charge is 0.253 e. The van der Waals surface area contributed by atoms with Crippen molar-refractivity contribution in [2.45, 2.75) is 13.0 Å². The van der Waals surface area contributed by atoms with Crippen molar-refractivity contribution in [2.24, 2.45) is 5.73 Å². The molecule has 0 aliphatic carbocycles. The normalized spacial score (nSPS) is 13.0. The highest BCUT2D eigenvalue weighted by atomic mass is 35.5. The van der Waals surface area contributed by atoms with Gasteiger partial charge in [0.05, 0.1) is 11.7 Å². The molecule has 0 saturated heterocycles. The molecular weight excluding hydrogens is 214 g/mol. The molecule has 0 aliphatic rings. The molecule has 5 heteroatoms. The van der Waals surface area contributed by atoms with E-state index < -0.39 is 0 Å². The Morgan fingerprint density at radius 1 is 1.53 bits per heavy atom. The summed E-state index contributed by atoms with van der Waals surface area (Å²) in [5.41, 5.74) is 6.70. The van der Waals surface area contributed by atoms with Gasteiger partial charge in [0, 0.05) is 17.0 Å². The highest BCUT2D eigenvalue weighted by Gasteiger charge is 2.07. The lowest BCUT2D eigenvalue weighted by Gasteiger charge is -2.05. The molecule has 0 aromatic carbocycles. The predicted octanol–water partition coefficient (Wildman–Crippen LogP) is 1.60. The topological polar surface area (TPSA) is 71.8 Å². The van der Waals surface area contributed by atoms with Crippen molar-refractivity contribution in [2.75, 3.05) is 0 Å². The highest BCUT2D eigenvalue weighted by Crippen LogP contribution is 2.16. The Kier molecular flexibility index (Phi) is 2.46. The Balaban J connectivity index is 2.77. The lowest BCUT2D eigenvalue weighted by Crippen LogP contribution is -2.19. The van der Waals surface area contributed by atoms with Crippen LogP contribution >= 0.6 is 11.6 Å². The number of H-pyrrole nitrogens is 1. The van der Waals surface area contributed by atoms with Crippen molar-refractivity contribution in [3.05, 3.63) is 39.4 Å². The molecule has 0 aliphatic heterocycles. The number of nitrogens with two attached hydrogens (primary N) is 1. The largest absolute Gasteiger partial charge is 0.324 e. The van der Waals surface area contributed by atoms with Gasteiger partial charge in [0.1, 0.15) is 5.15 Å². The number of nitrogens with one attached hydrogen (secondary N) is 1. The van der Waals surface area contributed by atoms with Crippen LogP contribution < -0.4 is 11.3 Å². The predicted molar refractivity (Wildman–Crippen MR) is 60.0 cm³/mol. The van der Waals surface area contributed by atoms with Crippen molar-refractivity contribution >= 4 is 22.5 Å². The van der Waals surface area contributed by atoms with E-state index in [-0.39, 0.29) is 11.6 Å². The number of halogens is 1. The Morgan fingerprint density at radius 3 is 2.93 bits per heavy atom. The molecule has 0 fully saturated rings. The molecule has 78 valence electrons. The van der Waals surface area contributed by atoms with E-state index in [4.69, 9.17) is 17.3 Å². The van der Waals surface area contributed by atoms with E-state index in [1.165, 1.54) is 6.20 Å². The van der Waals surface area contributed by atoms with Crippen LogP contribution in [0, 0.1) is 0 Å². The summed E-state index contributed by atoms with van der Waals surface area (Å²) in [6.07, 6.45) is 1.53. The third-order valence-electron chi connectivity index (χ3n) is 2.21. The molecule has 0 amide bonds. The summed E-state index contributed by atoms with van der Waals surface area (Å²) in [4.78, 5) is 18.2. The SMILES string of the molecule is C[C@H](N)c1cc2cc(Cl)ncc2[nH]c1=O. The minimum absolute atomic E-state index is 0.179. The molecule has 1 atom stereocenters. The van der Waals surface area contributed by atoms with Crippen molar-refractivity contribution in [1.82, 2.24) is 9.97 Å². The summed E-state index contributed by atoms with van der Waals surface area (Å²) in [6, 6.07) is 3.13. The summed E-state index contributed by atoms with van der Waals surface area (Å²) in [5, 5.41) is 1.23. The Morgan fingerprint density at radius 2 is 2.27 bits per heavy atom. The molecule has 3 N–H and O–H groups in total. The first kappa shape index (κ1) is 10.1. The number of nitrogens with zero attached hydrogens (tertiary/aromatic N) is 1. The van der Waals surface area contributed by atoms with Crippen LogP contribution in [0.25, 0.3) is 10.9 Å². The van der Waals surface area contributed by atoms with Gasteiger partial charge in [-0.1, -0.05) is 11.6 Å². The van der Waals surface area contributed by atoms with Crippen LogP contribution in [0.15, 0.2) is 23.1 Å². The summed E-state index contributed by atoms with van der Waals surface area (Å²) >= 11 is 5.76. The van der Waals surface area contributed by atoms with Crippen LogP contribution in [0.3, 0.4) is 0 Å². The molecule has 2 aromatic heterocycles. The Hall–Kier alpha value is -1.39. The van der Waals surface area contributed by atoms with Gasteiger partial charge in [-0.25, -0.2) is 4.98 Å². The molecule has 2 aromatic rings. The number of aromatic amines is 1. The maximum atomic E-state index is 11.6. The van der Waals surface area contributed by atoms with E-state index >= 15 is 0 Å². The quantitative estimate of drug-likeness (QED) is 0.722. The van der Waals surface area contributed by atoms with Gasteiger partial charge in [0.25, 0.3) is 5.56 Å². The van der Waals surface area contributed by atoms with Gasteiger partial charge < -0.3 is 10.7 Å². The van der Waals surface area contributed by atoms with Crippen molar-refractivity contribution in [1.29, 1.82) is 0 Å².